The van der Waals surface area contributed by atoms with Gasteiger partial charge in [0.1, 0.15) is 0 Å². The van der Waals surface area contributed by atoms with Gasteiger partial charge < -0.3 is 4.90 Å². The number of rotatable bonds is 5. The topological polar surface area (TPSA) is 20.3 Å². The molecule has 1 aromatic rings. The lowest BCUT2D eigenvalue weighted by molar-refractivity contribution is -0.137. The van der Waals surface area contributed by atoms with Gasteiger partial charge in [-0.3, -0.25) is 4.79 Å². The first-order valence-electron chi connectivity index (χ1n) is 6.63. The molecule has 0 bridgehead atoms. The highest BCUT2D eigenvalue weighted by molar-refractivity contribution is 6.32. The average Bonchev–Trinajstić information content (AvgIpc) is 2.42. The van der Waals surface area contributed by atoms with Crippen molar-refractivity contribution in [3.63, 3.8) is 0 Å². The second-order valence-electron chi connectivity index (χ2n) is 4.88. The molecule has 2 nitrogen and oxygen atoms in total. The summed E-state index contributed by atoms with van der Waals surface area (Å²) in [5, 5.41) is 0.153. The van der Waals surface area contributed by atoms with Gasteiger partial charge in [-0.05, 0) is 43.7 Å². The van der Waals surface area contributed by atoms with Crippen molar-refractivity contribution >= 4 is 23.6 Å². The first-order valence-corrected chi connectivity index (χ1v) is 7.01. The Morgan fingerprint density at radius 3 is 2.55 bits per heavy atom. The highest BCUT2D eigenvalue weighted by atomic mass is 35.5. The van der Waals surface area contributed by atoms with Crippen LogP contribution in [0.5, 0.6) is 0 Å². The zero-order chi connectivity index (χ0) is 16.9. The number of alkyl halides is 3. The van der Waals surface area contributed by atoms with E-state index in [1.165, 1.54) is 23.1 Å². The Morgan fingerprint density at radius 2 is 2.05 bits per heavy atom. The lowest BCUT2D eigenvalue weighted by Gasteiger charge is -2.19. The van der Waals surface area contributed by atoms with E-state index < -0.39 is 11.7 Å². The summed E-state index contributed by atoms with van der Waals surface area (Å²) in [4.78, 5) is 13.5. The van der Waals surface area contributed by atoms with Gasteiger partial charge in [0.05, 0.1) is 5.56 Å². The zero-order valence-electron chi connectivity index (χ0n) is 12.4. The average molecular weight is 332 g/mol. The van der Waals surface area contributed by atoms with Gasteiger partial charge in [-0.15, -0.1) is 0 Å². The van der Waals surface area contributed by atoms with Crippen LogP contribution in [0.3, 0.4) is 0 Å². The molecular weight excluding hydrogens is 315 g/mol. The molecule has 0 aliphatic heterocycles. The summed E-state index contributed by atoms with van der Waals surface area (Å²) in [6.07, 6.45) is -1.94. The summed E-state index contributed by atoms with van der Waals surface area (Å²) >= 11 is 5.87. The van der Waals surface area contributed by atoms with Crippen LogP contribution in [0.2, 0.25) is 5.02 Å². The Bertz CT molecular complexity index is 594. The molecule has 0 aliphatic carbocycles. The predicted octanol–water partition coefficient (Wildman–Crippen LogP) is 4.80. The van der Waals surface area contributed by atoms with E-state index >= 15 is 0 Å². The number of benzene rings is 1. The number of amides is 1. The van der Waals surface area contributed by atoms with Gasteiger partial charge in [-0.1, -0.05) is 23.8 Å². The second-order valence-corrected chi connectivity index (χ2v) is 5.28. The van der Waals surface area contributed by atoms with E-state index in [0.29, 0.717) is 13.1 Å². The molecule has 0 radical (unpaired) electrons. The minimum atomic E-state index is -4.45. The summed E-state index contributed by atoms with van der Waals surface area (Å²) in [5.74, 6) is -0.307. The van der Waals surface area contributed by atoms with Gasteiger partial charge in [0.2, 0.25) is 5.91 Å². The molecular formula is C16H17ClF3NO. The minimum absolute atomic E-state index is 0.149. The van der Waals surface area contributed by atoms with Crippen LogP contribution in [-0.4, -0.2) is 23.9 Å². The zero-order valence-corrected chi connectivity index (χ0v) is 13.1. The van der Waals surface area contributed by atoms with Crippen molar-refractivity contribution < 1.29 is 18.0 Å². The third-order valence-corrected chi connectivity index (χ3v) is 3.23. The Hall–Kier alpha value is -1.75. The molecule has 1 aromatic carbocycles. The fraction of sp³-hybridized carbons (Fsp3) is 0.312. The minimum Gasteiger partial charge on any atom is -0.335 e. The molecule has 6 heteroatoms. The molecule has 0 N–H and O–H groups in total. The van der Waals surface area contributed by atoms with Crippen LogP contribution >= 0.6 is 11.6 Å². The van der Waals surface area contributed by atoms with Crippen molar-refractivity contribution in [2.75, 3.05) is 13.1 Å². The van der Waals surface area contributed by atoms with Crippen molar-refractivity contribution in [2.24, 2.45) is 0 Å². The number of hydrogen-bond donors (Lipinski definition) is 0. The monoisotopic (exact) mass is 331 g/mol. The SMILES string of the molecule is C=C(C)CN(CC)C(=O)C=Cc1cc(C(F)(F)F)ccc1Cl. The lowest BCUT2D eigenvalue weighted by atomic mass is 10.1. The number of carbonyl (C=O) groups excluding carboxylic acids is 1. The van der Waals surface area contributed by atoms with E-state index in [-0.39, 0.29) is 16.5 Å². The maximum atomic E-state index is 12.7. The molecule has 22 heavy (non-hydrogen) atoms. The molecule has 0 spiro atoms. The summed E-state index contributed by atoms with van der Waals surface area (Å²) in [7, 11) is 0. The molecule has 1 rings (SSSR count). The Labute approximate surface area is 132 Å². The summed E-state index contributed by atoms with van der Waals surface area (Å²) < 4.78 is 38.0. The van der Waals surface area contributed by atoms with Crippen LogP contribution in [-0.2, 0) is 11.0 Å². The number of halogens is 4. The van der Waals surface area contributed by atoms with Crippen LogP contribution in [0, 0.1) is 0 Å². The van der Waals surface area contributed by atoms with E-state index in [1.807, 2.05) is 6.92 Å². The number of nitrogens with zero attached hydrogens (tertiary/aromatic N) is 1. The summed E-state index contributed by atoms with van der Waals surface area (Å²) in [6, 6.07) is 2.99. The van der Waals surface area contributed by atoms with Crippen LogP contribution in [0.4, 0.5) is 13.2 Å². The van der Waals surface area contributed by atoms with E-state index in [1.54, 1.807) is 6.92 Å². The van der Waals surface area contributed by atoms with Crippen LogP contribution in [0.15, 0.2) is 36.4 Å². The number of carbonyl (C=O) groups is 1. The third-order valence-electron chi connectivity index (χ3n) is 2.88. The van der Waals surface area contributed by atoms with E-state index in [9.17, 15) is 18.0 Å². The largest absolute Gasteiger partial charge is 0.416 e. The van der Waals surface area contributed by atoms with Crippen LogP contribution in [0.25, 0.3) is 6.08 Å². The molecule has 0 aromatic heterocycles. The quantitative estimate of drug-likeness (QED) is 0.561. The van der Waals surface area contributed by atoms with E-state index in [0.717, 1.165) is 17.7 Å². The van der Waals surface area contributed by atoms with Gasteiger partial charge in [0.25, 0.3) is 0 Å². The molecule has 0 atom stereocenters. The molecule has 0 fully saturated rings. The van der Waals surface area contributed by atoms with Gasteiger partial charge in [0, 0.05) is 24.2 Å². The molecule has 0 saturated carbocycles. The number of likely N-dealkylation sites (N-methyl/N-ethyl adjacent to an activating group) is 1. The normalized spacial score (nSPS) is 11.7. The van der Waals surface area contributed by atoms with Crippen molar-refractivity contribution in [1.29, 1.82) is 0 Å². The maximum Gasteiger partial charge on any atom is 0.416 e. The van der Waals surface area contributed by atoms with E-state index in [2.05, 4.69) is 6.58 Å². The predicted molar refractivity (Wildman–Crippen MR) is 82.6 cm³/mol. The van der Waals surface area contributed by atoms with Crippen LogP contribution < -0.4 is 0 Å². The molecule has 0 heterocycles. The Balaban J connectivity index is 2.98. The van der Waals surface area contributed by atoms with E-state index in [4.69, 9.17) is 11.6 Å². The fourth-order valence-electron chi connectivity index (χ4n) is 1.79. The van der Waals surface area contributed by atoms with Gasteiger partial charge in [-0.2, -0.15) is 13.2 Å². The smallest absolute Gasteiger partial charge is 0.335 e. The van der Waals surface area contributed by atoms with Crippen LogP contribution in [0.1, 0.15) is 25.0 Å². The lowest BCUT2D eigenvalue weighted by Crippen LogP contribution is -2.30. The highest BCUT2D eigenvalue weighted by Crippen LogP contribution is 2.32. The van der Waals surface area contributed by atoms with Gasteiger partial charge in [0.15, 0.2) is 0 Å². The van der Waals surface area contributed by atoms with Crippen molar-refractivity contribution in [3.8, 4) is 0 Å². The molecule has 1 amide bonds. The molecule has 120 valence electrons. The van der Waals surface area contributed by atoms with Crippen molar-refractivity contribution in [1.82, 2.24) is 4.90 Å². The Kier molecular flexibility index (Phi) is 6.23. The fourth-order valence-corrected chi connectivity index (χ4v) is 1.97. The van der Waals surface area contributed by atoms with Gasteiger partial charge in [-0.25, -0.2) is 0 Å². The highest BCUT2D eigenvalue weighted by Gasteiger charge is 2.30. The first-order chi connectivity index (χ1) is 10.1. The van der Waals surface area contributed by atoms with Crippen molar-refractivity contribution in [3.05, 3.63) is 52.6 Å². The maximum absolute atomic E-state index is 12.7. The third kappa shape index (κ3) is 5.22. The first kappa shape index (κ1) is 18.3. The molecule has 0 unspecified atom stereocenters. The Morgan fingerprint density at radius 1 is 1.41 bits per heavy atom. The van der Waals surface area contributed by atoms with Gasteiger partial charge >= 0.3 is 6.18 Å². The molecule has 0 saturated heterocycles. The number of hydrogen-bond acceptors (Lipinski definition) is 1. The summed E-state index contributed by atoms with van der Waals surface area (Å²) in [5.41, 5.74) is 0.162. The molecule has 0 aliphatic rings. The van der Waals surface area contributed by atoms with Crippen molar-refractivity contribution in [2.45, 2.75) is 20.0 Å². The second kappa shape index (κ2) is 7.49. The standard InChI is InChI=1S/C16H17ClF3NO/c1-4-21(10-11(2)3)15(22)8-5-12-9-13(16(18,19)20)6-7-14(12)17/h5-9H,2,4,10H2,1,3H3. The summed E-state index contributed by atoms with van der Waals surface area (Å²) in [6.45, 7) is 8.22.